The number of methoxy groups -OCH3 is 1. The highest BCUT2D eigenvalue weighted by atomic mass is 16.5. The summed E-state index contributed by atoms with van der Waals surface area (Å²) < 4.78 is 4.96. The van der Waals surface area contributed by atoms with Crippen molar-refractivity contribution in [2.24, 2.45) is 5.92 Å². The Hall–Kier alpha value is -0.0800. The molecule has 0 amide bonds. The molecule has 0 rings (SSSR count). The average Bonchev–Trinajstić information content (AvgIpc) is 1.82. The van der Waals surface area contributed by atoms with Crippen molar-refractivity contribution in [3.05, 3.63) is 0 Å². The van der Waals surface area contributed by atoms with Gasteiger partial charge in [0.1, 0.15) is 0 Å². The average molecular weight is 132 g/mol. The Morgan fingerprint density at radius 2 is 2.00 bits per heavy atom. The van der Waals surface area contributed by atoms with E-state index in [1.807, 2.05) is 0 Å². The lowest BCUT2D eigenvalue weighted by molar-refractivity contribution is 0.0350. The van der Waals surface area contributed by atoms with Crippen LogP contribution in [0.2, 0.25) is 0 Å². The monoisotopic (exact) mass is 132 g/mol. The molecule has 56 valence electrons. The SMILES string of the molecule is CO[C@H](CO)CC(C)C. The Morgan fingerprint density at radius 3 is 2.11 bits per heavy atom. The van der Waals surface area contributed by atoms with Crippen molar-refractivity contribution in [2.45, 2.75) is 26.4 Å². The van der Waals surface area contributed by atoms with Crippen LogP contribution in [-0.2, 0) is 4.74 Å². The summed E-state index contributed by atoms with van der Waals surface area (Å²) in [6.07, 6.45) is 0.970. The molecule has 2 nitrogen and oxygen atoms in total. The molecule has 0 aromatic heterocycles. The van der Waals surface area contributed by atoms with Crippen LogP contribution in [0.15, 0.2) is 0 Å². The van der Waals surface area contributed by atoms with E-state index in [1.165, 1.54) is 0 Å². The zero-order valence-corrected chi connectivity index (χ0v) is 6.42. The molecule has 1 atom stereocenters. The Labute approximate surface area is 56.8 Å². The van der Waals surface area contributed by atoms with Gasteiger partial charge in [-0.25, -0.2) is 0 Å². The molecule has 2 heteroatoms. The highest BCUT2D eigenvalue weighted by Crippen LogP contribution is 2.05. The highest BCUT2D eigenvalue weighted by Gasteiger charge is 2.06. The second kappa shape index (κ2) is 4.77. The third kappa shape index (κ3) is 4.43. The van der Waals surface area contributed by atoms with E-state index < -0.39 is 0 Å². The summed E-state index contributed by atoms with van der Waals surface area (Å²) >= 11 is 0. The van der Waals surface area contributed by atoms with Gasteiger partial charge in [0, 0.05) is 7.11 Å². The van der Waals surface area contributed by atoms with Crippen LogP contribution < -0.4 is 0 Å². The molecule has 0 aromatic carbocycles. The standard InChI is InChI=1S/C7H16O2/c1-6(2)4-7(5-8)9-3/h6-8H,4-5H2,1-3H3/t7-/m0/s1. The zero-order chi connectivity index (χ0) is 7.28. The van der Waals surface area contributed by atoms with Gasteiger partial charge in [0.25, 0.3) is 0 Å². The fourth-order valence-corrected chi connectivity index (χ4v) is 0.771. The predicted molar refractivity (Wildman–Crippen MR) is 37.3 cm³/mol. The van der Waals surface area contributed by atoms with E-state index in [9.17, 15) is 0 Å². The second-order valence-corrected chi connectivity index (χ2v) is 2.67. The van der Waals surface area contributed by atoms with Crippen molar-refractivity contribution in [3.63, 3.8) is 0 Å². The molecule has 0 spiro atoms. The lowest BCUT2D eigenvalue weighted by Crippen LogP contribution is -2.17. The Bertz CT molecular complexity index is 57.9. The van der Waals surface area contributed by atoms with E-state index in [-0.39, 0.29) is 12.7 Å². The van der Waals surface area contributed by atoms with Gasteiger partial charge in [-0.15, -0.1) is 0 Å². The molecule has 9 heavy (non-hydrogen) atoms. The van der Waals surface area contributed by atoms with Crippen LogP contribution in [0.5, 0.6) is 0 Å². The quantitative estimate of drug-likeness (QED) is 0.619. The first kappa shape index (κ1) is 8.92. The van der Waals surface area contributed by atoms with Crippen LogP contribution in [0, 0.1) is 5.92 Å². The molecule has 0 bridgehead atoms. The molecule has 0 fully saturated rings. The first-order valence-electron chi connectivity index (χ1n) is 3.34. The summed E-state index contributed by atoms with van der Waals surface area (Å²) in [6.45, 7) is 4.36. The van der Waals surface area contributed by atoms with Crippen LogP contribution in [-0.4, -0.2) is 24.9 Å². The lowest BCUT2D eigenvalue weighted by atomic mass is 10.1. The Balaban J connectivity index is 3.31. The van der Waals surface area contributed by atoms with Gasteiger partial charge >= 0.3 is 0 Å². The first-order chi connectivity index (χ1) is 4.20. The summed E-state index contributed by atoms with van der Waals surface area (Å²) in [7, 11) is 1.63. The number of ether oxygens (including phenoxy) is 1. The molecule has 0 aliphatic carbocycles. The third-order valence-electron chi connectivity index (χ3n) is 1.27. The van der Waals surface area contributed by atoms with Gasteiger partial charge in [0.15, 0.2) is 0 Å². The van der Waals surface area contributed by atoms with Crippen molar-refractivity contribution in [1.82, 2.24) is 0 Å². The van der Waals surface area contributed by atoms with Gasteiger partial charge < -0.3 is 9.84 Å². The van der Waals surface area contributed by atoms with Crippen molar-refractivity contribution in [1.29, 1.82) is 0 Å². The fourth-order valence-electron chi connectivity index (χ4n) is 0.771. The largest absolute Gasteiger partial charge is 0.394 e. The molecule has 0 aliphatic rings. The van der Waals surface area contributed by atoms with Crippen LogP contribution >= 0.6 is 0 Å². The molecule has 0 aromatic rings. The minimum Gasteiger partial charge on any atom is -0.394 e. The number of hydrogen-bond donors (Lipinski definition) is 1. The Morgan fingerprint density at radius 1 is 1.44 bits per heavy atom. The first-order valence-corrected chi connectivity index (χ1v) is 3.34. The third-order valence-corrected chi connectivity index (χ3v) is 1.27. The van der Waals surface area contributed by atoms with E-state index in [4.69, 9.17) is 9.84 Å². The van der Waals surface area contributed by atoms with E-state index in [0.29, 0.717) is 5.92 Å². The van der Waals surface area contributed by atoms with E-state index in [0.717, 1.165) is 6.42 Å². The van der Waals surface area contributed by atoms with Gasteiger partial charge in [-0.1, -0.05) is 13.8 Å². The molecule has 1 N–H and O–H groups in total. The number of aliphatic hydroxyl groups excluding tert-OH is 1. The summed E-state index contributed by atoms with van der Waals surface area (Å²) in [5.74, 6) is 0.599. The predicted octanol–water partition coefficient (Wildman–Crippen LogP) is 1.04. The van der Waals surface area contributed by atoms with Gasteiger partial charge in [-0.2, -0.15) is 0 Å². The molecular formula is C7H16O2. The highest BCUT2D eigenvalue weighted by molar-refractivity contribution is 4.56. The molecule has 0 heterocycles. The summed E-state index contributed by atoms with van der Waals surface area (Å²) in [5, 5.41) is 8.65. The van der Waals surface area contributed by atoms with E-state index in [2.05, 4.69) is 13.8 Å². The smallest absolute Gasteiger partial charge is 0.0804 e. The van der Waals surface area contributed by atoms with Gasteiger partial charge in [-0.3, -0.25) is 0 Å². The molecular weight excluding hydrogens is 116 g/mol. The number of aliphatic hydroxyl groups is 1. The lowest BCUT2D eigenvalue weighted by Gasteiger charge is -2.13. The molecule has 0 unspecified atom stereocenters. The number of hydrogen-bond acceptors (Lipinski definition) is 2. The van der Waals surface area contributed by atoms with E-state index >= 15 is 0 Å². The van der Waals surface area contributed by atoms with E-state index in [1.54, 1.807) is 7.11 Å². The molecule has 0 saturated carbocycles. The maximum Gasteiger partial charge on any atom is 0.0804 e. The van der Waals surface area contributed by atoms with Crippen molar-refractivity contribution in [2.75, 3.05) is 13.7 Å². The fraction of sp³-hybridized carbons (Fsp3) is 1.00. The summed E-state index contributed by atoms with van der Waals surface area (Å²) in [5.41, 5.74) is 0. The Kier molecular flexibility index (Phi) is 4.72. The topological polar surface area (TPSA) is 29.5 Å². The van der Waals surface area contributed by atoms with Crippen LogP contribution in [0.4, 0.5) is 0 Å². The maximum absolute atomic E-state index is 8.65. The molecule has 0 aliphatic heterocycles. The molecule has 0 radical (unpaired) electrons. The maximum atomic E-state index is 8.65. The second-order valence-electron chi connectivity index (χ2n) is 2.67. The van der Waals surface area contributed by atoms with Crippen LogP contribution in [0.25, 0.3) is 0 Å². The van der Waals surface area contributed by atoms with Crippen molar-refractivity contribution < 1.29 is 9.84 Å². The normalized spacial score (nSPS) is 14.3. The minimum absolute atomic E-state index is 0.0324. The minimum atomic E-state index is 0.0324. The van der Waals surface area contributed by atoms with Crippen molar-refractivity contribution in [3.8, 4) is 0 Å². The van der Waals surface area contributed by atoms with Gasteiger partial charge in [0.05, 0.1) is 12.7 Å². The summed E-state index contributed by atoms with van der Waals surface area (Å²) in [4.78, 5) is 0. The van der Waals surface area contributed by atoms with Crippen LogP contribution in [0.1, 0.15) is 20.3 Å². The molecule has 0 saturated heterocycles. The number of rotatable bonds is 4. The summed E-state index contributed by atoms with van der Waals surface area (Å²) in [6, 6.07) is 0. The van der Waals surface area contributed by atoms with Gasteiger partial charge in [-0.05, 0) is 12.3 Å². The van der Waals surface area contributed by atoms with Crippen LogP contribution in [0.3, 0.4) is 0 Å². The van der Waals surface area contributed by atoms with Crippen molar-refractivity contribution >= 4 is 0 Å². The van der Waals surface area contributed by atoms with Gasteiger partial charge in [0.2, 0.25) is 0 Å². The zero-order valence-electron chi connectivity index (χ0n) is 6.42.